The van der Waals surface area contributed by atoms with Gasteiger partial charge in [-0.15, -0.1) is 0 Å². The van der Waals surface area contributed by atoms with Crippen molar-refractivity contribution in [1.82, 2.24) is 0 Å². The van der Waals surface area contributed by atoms with E-state index in [0.717, 1.165) is 17.2 Å². The van der Waals surface area contributed by atoms with E-state index in [0.29, 0.717) is 0 Å². The average Bonchev–Trinajstić information content (AvgIpc) is 2.82. The third kappa shape index (κ3) is 3.11. The lowest BCUT2D eigenvalue weighted by Crippen LogP contribution is -2.02. The van der Waals surface area contributed by atoms with Crippen LogP contribution in [0.3, 0.4) is 0 Å². The van der Waals surface area contributed by atoms with Crippen molar-refractivity contribution in [2.45, 2.75) is 6.42 Å². The normalized spacial score (nSPS) is 18.5. The second-order valence-corrected chi connectivity index (χ2v) is 8.73. The molecule has 0 saturated carbocycles. The van der Waals surface area contributed by atoms with Crippen LogP contribution in [0.5, 0.6) is 0 Å². The highest BCUT2D eigenvalue weighted by molar-refractivity contribution is 8.70. The van der Waals surface area contributed by atoms with Crippen molar-refractivity contribution in [3.63, 3.8) is 0 Å². The van der Waals surface area contributed by atoms with Gasteiger partial charge in [0.1, 0.15) is 5.04 Å². The largest absolute Gasteiger partial charge is 0.218 e. The van der Waals surface area contributed by atoms with E-state index < -0.39 is 6.63 Å². The van der Waals surface area contributed by atoms with Crippen LogP contribution >= 0.6 is 29.2 Å². The Bertz CT molecular complexity index is 577. The summed E-state index contributed by atoms with van der Waals surface area (Å²) >= 11 is 8.08. The molecule has 0 aliphatic carbocycles. The minimum Gasteiger partial charge on any atom is -0.218 e. The molecule has 0 radical (unpaired) electrons. The van der Waals surface area contributed by atoms with Gasteiger partial charge in [-0.1, -0.05) is 59.8 Å². The molecule has 5 heteroatoms. The van der Waals surface area contributed by atoms with Gasteiger partial charge in [0, 0.05) is 6.42 Å². The predicted octanol–water partition coefficient (Wildman–Crippen LogP) is 5.26. The monoisotopic (exact) mass is 306 g/mol. The molecule has 96 valence electrons. The Labute approximate surface area is 122 Å². The number of benzene rings is 2. The van der Waals surface area contributed by atoms with E-state index >= 15 is 0 Å². The number of hydrogen-bond donors (Lipinski definition) is 0. The number of rotatable bonds is 3. The molecule has 1 aliphatic rings. The summed E-state index contributed by atoms with van der Waals surface area (Å²) in [4.78, 5) is 0. The van der Waals surface area contributed by atoms with Crippen LogP contribution in [0, 0.1) is 0 Å². The zero-order valence-electron chi connectivity index (χ0n) is 10.1. The standard InChI is InChI=1S/C14H12ClN2PS/c15-18-17(13-9-5-2-6-10-13)16-14(19-18)11-12-7-3-1-4-8-12/h1-10H,11H2. The van der Waals surface area contributed by atoms with Gasteiger partial charge in [-0.05, 0) is 29.1 Å². The quantitative estimate of drug-likeness (QED) is 0.719. The Balaban J connectivity index is 1.78. The number of hydrogen-bond acceptors (Lipinski definition) is 3. The van der Waals surface area contributed by atoms with Crippen LogP contribution < -0.4 is 4.78 Å². The Morgan fingerprint density at radius 1 is 1.00 bits per heavy atom. The molecule has 0 bridgehead atoms. The third-order valence-corrected chi connectivity index (χ3v) is 6.53. The summed E-state index contributed by atoms with van der Waals surface area (Å²) in [6, 6.07) is 20.4. The molecule has 0 N–H and O–H groups in total. The first-order chi connectivity index (χ1) is 9.33. The van der Waals surface area contributed by atoms with E-state index in [1.54, 1.807) is 11.4 Å². The van der Waals surface area contributed by atoms with Crippen LogP contribution in [0.2, 0.25) is 0 Å². The second kappa shape index (κ2) is 5.96. The van der Waals surface area contributed by atoms with Gasteiger partial charge in [-0.2, -0.15) is 5.10 Å². The molecule has 0 amide bonds. The van der Waals surface area contributed by atoms with Gasteiger partial charge < -0.3 is 0 Å². The molecule has 1 atom stereocenters. The highest BCUT2D eigenvalue weighted by atomic mass is 35.7. The molecular weight excluding hydrogens is 295 g/mol. The van der Waals surface area contributed by atoms with E-state index in [9.17, 15) is 0 Å². The second-order valence-electron chi connectivity index (χ2n) is 4.10. The van der Waals surface area contributed by atoms with Gasteiger partial charge >= 0.3 is 0 Å². The van der Waals surface area contributed by atoms with Crippen molar-refractivity contribution < 1.29 is 0 Å². The van der Waals surface area contributed by atoms with Gasteiger partial charge in [0.25, 0.3) is 0 Å². The number of para-hydroxylation sites is 1. The lowest BCUT2D eigenvalue weighted by atomic mass is 10.2. The van der Waals surface area contributed by atoms with Crippen molar-refractivity contribution in [3.05, 3.63) is 66.2 Å². The van der Waals surface area contributed by atoms with Crippen LogP contribution in [-0.4, -0.2) is 5.04 Å². The number of anilines is 1. The Kier molecular flexibility index (Phi) is 4.07. The first-order valence-corrected chi connectivity index (χ1v) is 9.55. The zero-order chi connectivity index (χ0) is 13.1. The summed E-state index contributed by atoms with van der Waals surface area (Å²) < 4.78 is 1.93. The molecule has 2 aromatic rings. The summed E-state index contributed by atoms with van der Waals surface area (Å²) in [7, 11) is 0. The van der Waals surface area contributed by atoms with Gasteiger partial charge in [0.15, 0.2) is 6.63 Å². The number of hydrazone groups is 1. The van der Waals surface area contributed by atoms with E-state index in [-0.39, 0.29) is 0 Å². The molecule has 19 heavy (non-hydrogen) atoms. The fourth-order valence-corrected chi connectivity index (χ4v) is 5.52. The first kappa shape index (κ1) is 13.0. The molecule has 1 heterocycles. The van der Waals surface area contributed by atoms with Gasteiger partial charge in [-0.25, -0.2) is 4.78 Å². The molecule has 0 saturated heterocycles. The summed E-state index contributed by atoms with van der Waals surface area (Å²) in [5, 5.41) is 5.72. The van der Waals surface area contributed by atoms with Gasteiger partial charge in [0.05, 0.1) is 5.69 Å². The van der Waals surface area contributed by atoms with E-state index in [2.05, 4.69) is 17.2 Å². The van der Waals surface area contributed by atoms with Crippen LogP contribution in [0.1, 0.15) is 5.56 Å². The summed E-state index contributed by atoms with van der Waals surface area (Å²) in [6.45, 7) is -0.822. The summed E-state index contributed by atoms with van der Waals surface area (Å²) in [5.41, 5.74) is 2.32. The van der Waals surface area contributed by atoms with Crippen LogP contribution in [-0.2, 0) is 6.42 Å². The molecule has 0 aromatic heterocycles. The maximum absolute atomic E-state index is 6.41. The third-order valence-electron chi connectivity index (χ3n) is 2.72. The van der Waals surface area contributed by atoms with Crippen LogP contribution in [0.25, 0.3) is 0 Å². The number of halogens is 1. The van der Waals surface area contributed by atoms with Crippen molar-refractivity contribution in [1.29, 1.82) is 0 Å². The summed E-state index contributed by atoms with van der Waals surface area (Å²) in [6.07, 6.45) is 0.848. The Morgan fingerprint density at radius 3 is 2.32 bits per heavy atom. The Hall–Kier alpha value is -1.02. The lowest BCUT2D eigenvalue weighted by molar-refractivity contribution is 1.19. The molecule has 2 aromatic carbocycles. The van der Waals surface area contributed by atoms with Crippen molar-refractivity contribution >= 4 is 40.0 Å². The minimum atomic E-state index is -0.822. The lowest BCUT2D eigenvalue weighted by Gasteiger charge is -2.15. The summed E-state index contributed by atoms with van der Waals surface area (Å²) in [5.74, 6) is 0. The topological polar surface area (TPSA) is 15.6 Å². The fourth-order valence-electron chi connectivity index (χ4n) is 1.83. The molecule has 3 rings (SSSR count). The fraction of sp³-hybridized carbons (Fsp3) is 0.0714. The zero-order valence-corrected chi connectivity index (χ0v) is 12.6. The molecule has 0 fully saturated rings. The molecule has 0 spiro atoms. The first-order valence-electron chi connectivity index (χ1n) is 5.93. The average molecular weight is 307 g/mol. The van der Waals surface area contributed by atoms with E-state index in [1.165, 1.54) is 5.56 Å². The maximum atomic E-state index is 6.41. The van der Waals surface area contributed by atoms with E-state index in [1.807, 2.05) is 53.3 Å². The molecule has 2 nitrogen and oxygen atoms in total. The van der Waals surface area contributed by atoms with Crippen molar-refractivity contribution in [2.24, 2.45) is 5.10 Å². The van der Waals surface area contributed by atoms with Gasteiger partial charge in [-0.3, -0.25) is 0 Å². The maximum Gasteiger partial charge on any atom is 0.179 e. The number of nitrogens with zero attached hydrogens (tertiary/aromatic N) is 2. The SMILES string of the molecule is ClP1SC(Cc2ccccc2)=NN1c1ccccc1. The molecule has 1 unspecified atom stereocenters. The van der Waals surface area contributed by atoms with Crippen LogP contribution in [0.15, 0.2) is 65.8 Å². The van der Waals surface area contributed by atoms with E-state index in [4.69, 9.17) is 11.2 Å². The Morgan fingerprint density at radius 2 is 1.63 bits per heavy atom. The van der Waals surface area contributed by atoms with Gasteiger partial charge in [0.2, 0.25) is 0 Å². The molecular formula is C14H12ClN2PS. The molecule has 1 aliphatic heterocycles. The minimum absolute atomic E-state index is 0.822. The highest BCUT2D eigenvalue weighted by Crippen LogP contribution is 2.63. The highest BCUT2D eigenvalue weighted by Gasteiger charge is 2.27. The van der Waals surface area contributed by atoms with Crippen LogP contribution in [0.4, 0.5) is 5.69 Å². The smallest absolute Gasteiger partial charge is 0.179 e. The van der Waals surface area contributed by atoms with Crippen molar-refractivity contribution in [3.8, 4) is 0 Å². The van der Waals surface area contributed by atoms with Crippen molar-refractivity contribution in [2.75, 3.05) is 4.78 Å². The predicted molar refractivity (Wildman–Crippen MR) is 86.9 cm³/mol.